The van der Waals surface area contributed by atoms with E-state index in [4.69, 9.17) is 0 Å². The maximum Gasteiger partial charge on any atom is 0.191 e. The van der Waals surface area contributed by atoms with E-state index in [0.29, 0.717) is 12.6 Å². The SMILES string of the molecule is CCNC(=NCc1cccc(F)c1)NC1CC1C. The fraction of sp³-hybridized carbons (Fsp3) is 0.500. The molecule has 1 aliphatic rings. The molecule has 0 bridgehead atoms. The van der Waals surface area contributed by atoms with Crippen molar-refractivity contribution in [3.63, 3.8) is 0 Å². The molecule has 1 aliphatic carbocycles. The van der Waals surface area contributed by atoms with Gasteiger partial charge in [0.2, 0.25) is 0 Å². The van der Waals surface area contributed by atoms with Gasteiger partial charge in [-0.05, 0) is 37.0 Å². The van der Waals surface area contributed by atoms with Crippen LogP contribution in [0.2, 0.25) is 0 Å². The molecule has 98 valence electrons. The topological polar surface area (TPSA) is 36.4 Å². The van der Waals surface area contributed by atoms with E-state index >= 15 is 0 Å². The number of halogens is 1. The molecule has 1 saturated carbocycles. The fourth-order valence-electron chi connectivity index (χ4n) is 1.82. The predicted octanol–water partition coefficient (Wildman–Crippen LogP) is 2.29. The number of guanidine groups is 1. The molecular weight excluding hydrogens is 229 g/mol. The molecular formula is C14H20FN3. The summed E-state index contributed by atoms with van der Waals surface area (Å²) < 4.78 is 13.0. The van der Waals surface area contributed by atoms with Crippen LogP contribution in [0.25, 0.3) is 0 Å². The van der Waals surface area contributed by atoms with Crippen molar-refractivity contribution in [3.8, 4) is 0 Å². The molecule has 0 radical (unpaired) electrons. The van der Waals surface area contributed by atoms with E-state index in [1.54, 1.807) is 6.07 Å². The van der Waals surface area contributed by atoms with Crippen LogP contribution in [-0.2, 0) is 6.54 Å². The Morgan fingerprint density at radius 2 is 2.28 bits per heavy atom. The summed E-state index contributed by atoms with van der Waals surface area (Å²) in [4.78, 5) is 4.47. The molecule has 1 fully saturated rings. The maximum atomic E-state index is 13.0. The van der Waals surface area contributed by atoms with Crippen molar-refractivity contribution in [2.45, 2.75) is 32.9 Å². The van der Waals surface area contributed by atoms with Crippen LogP contribution in [0.4, 0.5) is 4.39 Å². The second-order valence-corrected chi connectivity index (χ2v) is 4.79. The number of nitrogens with one attached hydrogen (secondary N) is 2. The average molecular weight is 249 g/mol. The zero-order chi connectivity index (χ0) is 13.0. The molecule has 3 nitrogen and oxygen atoms in total. The van der Waals surface area contributed by atoms with Crippen molar-refractivity contribution >= 4 is 5.96 Å². The Morgan fingerprint density at radius 3 is 2.89 bits per heavy atom. The molecule has 0 amide bonds. The highest BCUT2D eigenvalue weighted by molar-refractivity contribution is 5.80. The van der Waals surface area contributed by atoms with Crippen LogP contribution in [0.1, 0.15) is 25.8 Å². The van der Waals surface area contributed by atoms with Gasteiger partial charge in [0.15, 0.2) is 5.96 Å². The average Bonchev–Trinajstić information content (AvgIpc) is 3.02. The smallest absolute Gasteiger partial charge is 0.191 e. The number of rotatable bonds is 4. The van der Waals surface area contributed by atoms with Crippen molar-refractivity contribution < 1.29 is 4.39 Å². The Hall–Kier alpha value is -1.58. The van der Waals surface area contributed by atoms with Crippen LogP contribution in [0, 0.1) is 11.7 Å². The van der Waals surface area contributed by atoms with Crippen molar-refractivity contribution in [1.29, 1.82) is 0 Å². The summed E-state index contributed by atoms with van der Waals surface area (Å²) in [7, 11) is 0. The van der Waals surface area contributed by atoms with Gasteiger partial charge >= 0.3 is 0 Å². The third-order valence-corrected chi connectivity index (χ3v) is 3.08. The largest absolute Gasteiger partial charge is 0.357 e. The highest BCUT2D eigenvalue weighted by Crippen LogP contribution is 2.28. The summed E-state index contributed by atoms with van der Waals surface area (Å²) in [5.74, 6) is 1.33. The second-order valence-electron chi connectivity index (χ2n) is 4.79. The molecule has 0 aromatic heterocycles. The van der Waals surface area contributed by atoms with Crippen LogP contribution in [0.5, 0.6) is 0 Å². The minimum Gasteiger partial charge on any atom is -0.357 e. The Balaban J connectivity index is 1.94. The number of nitrogens with zero attached hydrogens (tertiary/aromatic N) is 1. The van der Waals surface area contributed by atoms with Crippen LogP contribution < -0.4 is 10.6 Å². The molecule has 0 spiro atoms. The first-order valence-electron chi connectivity index (χ1n) is 6.48. The van der Waals surface area contributed by atoms with Gasteiger partial charge in [0.1, 0.15) is 5.82 Å². The van der Waals surface area contributed by atoms with E-state index in [-0.39, 0.29) is 5.82 Å². The predicted molar refractivity (Wildman–Crippen MR) is 71.9 cm³/mol. The van der Waals surface area contributed by atoms with Crippen LogP contribution in [0.15, 0.2) is 29.3 Å². The molecule has 0 heterocycles. The van der Waals surface area contributed by atoms with Crippen molar-refractivity contribution in [3.05, 3.63) is 35.6 Å². The van der Waals surface area contributed by atoms with Crippen LogP contribution in [0.3, 0.4) is 0 Å². The van der Waals surface area contributed by atoms with E-state index in [1.807, 2.05) is 13.0 Å². The number of benzene rings is 1. The summed E-state index contributed by atoms with van der Waals surface area (Å²) in [6.07, 6.45) is 1.20. The summed E-state index contributed by atoms with van der Waals surface area (Å²) in [6, 6.07) is 7.10. The highest BCUT2D eigenvalue weighted by atomic mass is 19.1. The lowest BCUT2D eigenvalue weighted by Crippen LogP contribution is -2.39. The molecule has 2 rings (SSSR count). The second kappa shape index (κ2) is 5.85. The van der Waals surface area contributed by atoms with Gasteiger partial charge in [-0.25, -0.2) is 9.38 Å². The van der Waals surface area contributed by atoms with Gasteiger partial charge in [0.05, 0.1) is 6.54 Å². The molecule has 1 aromatic rings. The Kier molecular flexibility index (Phi) is 4.18. The van der Waals surface area contributed by atoms with Gasteiger partial charge in [-0.15, -0.1) is 0 Å². The maximum absolute atomic E-state index is 13.0. The van der Waals surface area contributed by atoms with E-state index in [1.165, 1.54) is 18.6 Å². The fourth-order valence-corrected chi connectivity index (χ4v) is 1.82. The molecule has 0 saturated heterocycles. The monoisotopic (exact) mass is 249 g/mol. The summed E-state index contributed by atoms with van der Waals surface area (Å²) in [5, 5.41) is 6.58. The van der Waals surface area contributed by atoms with Gasteiger partial charge in [-0.2, -0.15) is 0 Å². The van der Waals surface area contributed by atoms with Gasteiger partial charge in [-0.1, -0.05) is 19.1 Å². The third kappa shape index (κ3) is 3.72. The van der Waals surface area contributed by atoms with Crippen LogP contribution >= 0.6 is 0 Å². The lowest BCUT2D eigenvalue weighted by molar-refractivity contribution is 0.625. The highest BCUT2D eigenvalue weighted by Gasteiger charge is 2.33. The summed E-state index contributed by atoms with van der Waals surface area (Å²) in [6.45, 7) is 5.58. The summed E-state index contributed by atoms with van der Waals surface area (Å²) in [5.41, 5.74) is 0.885. The first kappa shape index (κ1) is 12.9. The number of aliphatic imine (C=N–C) groups is 1. The summed E-state index contributed by atoms with van der Waals surface area (Å²) >= 11 is 0. The molecule has 1 aromatic carbocycles. The zero-order valence-electron chi connectivity index (χ0n) is 10.9. The minimum absolute atomic E-state index is 0.212. The van der Waals surface area contributed by atoms with Crippen molar-refractivity contribution in [2.24, 2.45) is 10.9 Å². The van der Waals surface area contributed by atoms with Crippen molar-refractivity contribution in [2.75, 3.05) is 6.54 Å². The molecule has 4 heteroatoms. The first-order valence-corrected chi connectivity index (χ1v) is 6.48. The molecule has 2 N–H and O–H groups in total. The molecule has 0 aliphatic heterocycles. The quantitative estimate of drug-likeness (QED) is 0.634. The van der Waals surface area contributed by atoms with Gasteiger partial charge < -0.3 is 10.6 Å². The van der Waals surface area contributed by atoms with Gasteiger partial charge in [-0.3, -0.25) is 0 Å². The number of hydrogen-bond acceptors (Lipinski definition) is 1. The van der Waals surface area contributed by atoms with E-state index in [9.17, 15) is 4.39 Å². The normalized spacial score (nSPS) is 22.7. The Labute approximate surface area is 108 Å². The Morgan fingerprint density at radius 1 is 1.50 bits per heavy atom. The van der Waals surface area contributed by atoms with Crippen LogP contribution in [-0.4, -0.2) is 18.5 Å². The standard InChI is InChI=1S/C14H20FN3/c1-3-16-14(18-13-7-10(13)2)17-9-11-5-4-6-12(15)8-11/h4-6,8,10,13H,3,7,9H2,1-2H3,(H2,16,17,18). The van der Waals surface area contributed by atoms with E-state index in [0.717, 1.165) is 24.0 Å². The number of hydrogen-bond donors (Lipinski definition) is 2. The minimum atomic E-state index is -0.212. The molecule has 2 unspecified atom stereocenters. The lowest BCUT2D eigenvalue weighted by Gasteiger charge is -2.10. The van der Waals surface area contributed by atoms with Gasteiger partial charge in [0, 0.05) is 12.6 Å². The van der Waals surface area contributed by atoms with E-state index < -0.39 is 0 Å². The Bertz CT molecular complexity index is 431. The van der Waals surface area contributed by atoms with Gasteiger partial charge in [0.25, 0.3) is 0 Å². The third-order valence-electron chi connectivity index (χ3n) is 3.08. The van der Waals surface area contributed by atoms with E-state index in [2.05, 4.69) is 22.5 Å². The van der Waals surface area contributed by atoms with Crippen molar-refractivity contribution in [1.82, 2.24) is 10.6 Å². The lowest BCUT2D eigenvalue weighted by atomic mass is 10.2. The molecule has 18 heavy (non-hydrogen) atoms. The molecule has 2 atom stereocenters. The zero-order valence-corrected chi connectivity index (χ0v) is 10.9. The first-order chi connectivity index (χ1) is 8.69.